The fraction of sp³-hybridized carbons (Fsp3) is 0.357. The molecule has 0 radical (unpaired) electrons. The van der Waals surface area contributed by atoms with Gasteiger partial charge < -0.3 is 5.73 Å². The third-order valence-electron chi connectivity index (χ3n) is 3.08. The van der Waals surface area contributed by atoms with E-state index in [0.717, 1.165) is 22.1 Å². The Morgan fingerprint density at radius 2 is 2.22 bits per heavy atom. The first-order chi connectivity index (χ1) is 8.60. The molecule has 0 saturated heterocycles. The average molecular weight is 355 g/mol. The molecule has 1 unspecified atom stereocenters. The normalized spacial score (nSPS) is 12.7. The molecule has 1 aromatic heterocycles. The molecule has 1 atom stereocenters. The van der Waals surface area contributed by atoms with Gasteiger partial charge in [0.05, 0.1) is 15.5 Å². The minimum Gasteiger partial charge on any atom is -0.327 e. The van der Waals surface area contributed by atoms with Crippen LogP contribution in [0.1, 0.15) is 24.5 Å². The Morgan fingerprint density at radius 1 is 1.44 bits per heavy atom. The van der Waals surface area contributed by atoms with Crippen LogP contribution in [0.3, 0.4) is 0 Å². The molecule has 1 aromatic carbocycles. The third-order valence-corrected chi connectivity index (χ3v) is 3.64. The molecule has 1 heterocycles. The van der Waals surface area contributed by atoms with Gasteiger partial charge in [-0.3, -0.25) is 0 Å². The van der Waals surface area contributed by atoms with Crippen LogP contribution in [0.15, 0.2) is 30.6 Å². The first kappa shape index (κ1) is 13.5. The molecule has 0 amide bonds. The summed E-state index contributed by atoms with van der Waals surface area (Å²) >= 11 is 2.27. The van der Waals surface area contributed by atoms with Crippen LogP contribution in [-0.4, -0.2) is 15.8 Å². The molecule has 18 heavy (non-hydrogen) atoms. The highest BCUT2D eigenvalue weighted by Crippen LogP contribution is 2.17. The predicted octanol–water partition coefficient (Wildman–Crippen LogP) is 3.07. The van der Waals surface area contributed by atoms with Gasteiger partial charge in [-0.2, -0.15) is 5.10 Å². The van der Waals surface area contributed by atoms with Crippen LogP contribution in [0.5, 0.6) is 0 Å². The quantitative estimate of drug-likeness (QED) is 0.857. The third kappa shape index (κ3) is 3.11. The first-order valence-electron chi connectivity index (χ1n) is 6.15. The molecule has 2 aromatic rings. The highest BCUT2D eigenvalue weighted by atomic mass is 127. The lowest BCUT2D eigenvalue weighted by molar-refractivity contribution is 0.646. The van der Waals surface area contributed by atoms with Crippen molar-refractivity contribution in [2.45, 2.75) is 32.7 Å². The Kier molecular flexibility index (Phi) is 4.40. The van der Waals surface area contributed by atoms with Crippen LogP contribution >= 0.6 is 22.6 Å². The molecule has 2 rings (SSSR count). The van der Waals surface area contributed by atoms with Crippen LogP contribution in [0.4, 0.5) is 0 Å². The van der Waals surface area contributed by atoms with E-state index in [4.69, 9.17) is 5.73 Å². The van der Waals surface area contributed by atoms with Crippen molar-refractivity contribution in [1.82, 2.24) is 9.78 Å². The van der Waals surface area contributed by atoms with Crippen molar-refractivity contribution in [3.63, 3.8) is 0 Å². The fourth-order valence-electron chi connectivity index (χ4n) is 1.98. The van der Waals surface area contributed by atoms with Crippen LogP contribution in [0.25, 0.3) is 5.69 Å². The Balaban J connectivity index is 2.25. The Hall–Kier alpha value is -0.880. The van der Waals surface area contributed by atoms with E-state index in [9.17, 15) is 0 Å². The summed E-state index contributed by atoms with van der Waals surface area (Å²) in [6, 6.07) is 6.72. The molecular formula is C14H18IN3. The highest BCUT2D eigenvalue weighted by molar-refractivity contribution is 14.1. The summed E-state index contributed by atoms with van der Waals surface area (Å²) in [5, 5.41) is 4.34. The number of hydrogen-bond donors (Lipinski definition) is 1. The lowest BCUT2D eigenvalue weighted by Crippen LogP contribution is -2.21. The molecule has 4 heteroatoms. The van der Waals surface area contributed by atoms with Gasteiger partial charge in [0, 0.05) is 12.2 Å². The zero-order valence-electron chi connectivity index (χ0n) is 10.7. The topological polar surface area (TPSA) is 43.8 Å². The van der Waals surface area contributed by atoms with Gasteiger partial charge in [0.25, 0.3) is 0 Å². The zero-order valence-corrected chi connectivity index (χ0v) is 12.9. The summed E-state index contributed by atoms with van der Waals surface area (Å²) in [4.78, 5) is 0. The van der Waals surface area contributed by atoms with Crippen LogP contribution in [0, 0.1) is 10.5 Å². The second kappa shape index (κ2) is 5.84. The lowest BCUT2D eigenvalue weighted by atomic mass is 10.0. The van der Waals surface area contributed by atoms with Gasteiger partial charge in [-0.15, -0.1) is 0 Å². The second-order valence-corrected chi connectivity index (χ2v) is 5.84. The molecular weight excluding hydrogens is 337 g/mol. The van der Waals surface area contributed by atoms with E-state index in [1.807, 2.05) is 17.1 Å². The fourth-order valence-corrected chi connectivity index (χ4v) is 2.37. The van der Waals surface area contributed by atoms with Crippen molar-refractivity contribution in [2.24, 2.45) is 5.73 Å². The minimum atomic E-state index is 0.251. The number of nitrogens with two attached hydrogens (primary N) is 1. The molecule has 2 N–H and O–H groups in total. The SMILES string of the molecule is CCC(N)Cc1ccc(-n2cc(I)cn2)c(C)c1. The van der Waals surface area contributed by atoms with Crippen LogP contribution < -0.4 is 5.73 Å². The monoisotopic (exact) mass is 355 g/mol. The van der Waals surface area contributed by atoms with Gasteiger partial charge in [-0.25, -0.2) is 4.68 Å². The van der Waals surface area contributed by atoms with Crippen molar-refractivity contribution < 1.29 is 0 Å². The van der Waals surface area contributed by atoms with E-state index in [1.165, 1.54) is 11.1 Å². The predicted molar refractivity (Wildman–Crippen MR) is 83.0 cm³/mol. The second-order valence-electron chi connectivity index (χ2n) is 4.60. The van der Waals surface area contributed by atoms with E-state index in [0.29, 0.717) is 0 Å². The van der Waals surface area contributed by atoms with Gasteiger partial charge in [0.1, 0.15) is 0 Å². The van der Waals surface area contributed by atoms with E-state index < -0.39 is 0 Å². The lowest BCUT2D eigenvalue weighted by Gasteiger charge is -2.11. The maximum Gasteiger partial charge on any atom is 0.0675 e. The minimum absolute atomic E-state index is 0.251. The molecule has 0 aliphatic heterocycles. The molecule has 0 bridgehead atoms. The largest absolute Gasteiger partial charge is 0.327 e. The van der Waals surface area contributed by atoms with Crippen molar-refractivity contribution in [3.05, 3.63) is 45.3 Å². The molecule has 3 nitrogen and oxygen atoms in total. The van der Waals surface area contributed by atoms with Crippen molar-refractivity contribution in [1.29, 1.82) is 0 Å². The summed E-state index contributed by atoms with van der Waals surface area (Å²) in [6.07, 6.45) is 5.84. The summed E-state index contributed by atoms with van der Waals surface area (Å²) in [5.41, 5.74) is 9.65. The standard InChI is InChI=1S/C14H18IN3/c1-3-13(16)7-11-4-5-14(10(2)6-11)18-9-12(15)8-17-18/h4-6,8-9,13H,3,7,16H2,1-2H3. The van der Waals surface area contributed by atoms with Crippen molar-refractivity contribution in [2.75, 3.05) is 0 Å². The van der Waals surface area contributed by atoms with Gasteiger partial charge in [0.2, 0.25) is 0 Å². The van der Waals surface area contributed by atoms with E-state index >= 15 is 0 Å². The van der Waals surface area contributed by atoms with Crippen LogP contribution in [0.2, 0.25) is 0 Å². The van der Waals surface area contributed by atoms with E-state index in [1.54, 1.807) is 0 Å². The van der Waals surface area contributed by atoms with E-state index in [2.05, 4.69) is 59.7 Å². The highest BCUT2D eigenvalue weighted by Gasteiger charge is 2.06. The van der Waals surface area contributed by atoms with Gasteiger partial charge in [-0.05, 0) is 59.5 Å². The van der Waals surface area contributed by atoms with Crippen molar-refractivity contribution >= 4 is 22.6 Å². The van der Waals surface area contributed by atoms with Gasteiger partial charge in [-0.1, -0.05) is 19.1 Å². The molecule has 0 spiro atoms. The average Bonchev–Trinajstić information content (AvgIpc) is 2.75. The number of hydrogen-bond acceptors (Lipinski definition) is 2. The Bertz CT molecular complexity index is 534. The number of aryl methyl sites for hydroxylation is 1. The molecule has 0 saturated carbocycles. The Morgan fingerprint density at radius 3 is 2.78 bits per heavy atom. The first-order valence-corrected chi connectivity index (χ1v) is 7.23. The maximum atomic E-state index is 5.99. The smallest absolute Gasteiger partial charge is 0.0675 e. The number of aromatic nitrogens is 2. The van der Waals surface area contributed by atoms with E-state index in [-0.39, 0.29) is 6.04 Å². The summed E-state index contributed by atoms with van der Waals surface area (Å²) in [5.74, 6) is 0. The van der Waals surface area contributed by atoms with Crippen molar-refractivity contribution in [3.8, 4) is 5.69 Å². The number of benzene rings is 1. The molecule has 0 aliphatic rings. The van der Waals surface area contributed by atoms with Gasteiger partial charge in [0.15, 0.2) is 0 Å². The molecule has 0 fully saturated rings. The number of nitrogens with zero attached hydrogens (tertiary/aromatic N) is 2. The molecule has 0 aliphatic carbocycles. The maximum absolute atomic E-state index is 5.99. The van der Waals surface area contributed by atoms with Crippen LogP contribution in [-0.2, 0) is 6.42 Å². The summed E-state index contributed by atoms with van der Waals surface area (Å²) in [7, 11) is 0. The Labute approximate surface area is 122 Å². The summed E-state index contributed by atoms with van der Waals surface area (Å²) < 4.78 is 3.06. The number of rotatable bonds is 4. The molecule has 96 valence electrons. The number of halogens is 1. The zero-order chi connectivity index (χ0) is 13.1. The van der Waals surface area contributed by atoms with Gasteiger partial charge >= 0.3 is 0 Å². The summed E-state index contributed by atoms with van der Waals surface area (Å²) in [6.45, 7) is 4.24.